The molecular formula is C16H18F3N5O. The van der Waals surface area contributed by atoms with E-state index in [2.05, 4.69) is 20.8 Å². The number of amides is 1. The molecule has 6 nitrogen and oxygen atoms in total. The van der Waals surface area contributed by atoms with Gasteiger partial charge >= 0.3 is 6.18 Å². The van der Waals surface area contributed by atoms with Crippen molar-refractivity contribution in [3.8, 4) is 0 Å². The summed E-state index contributed by atoms with van der Waals surface area (Å²) in [5.74, 6) is 0.0825. The highest BCUT2D eigenvalue weighted by Gasteiger charge is 2.30. The van der Waals surface area contributed by atoms with Crippen LogP contribution < -0.4 is 5.32 Å². The zero-order valence-corrected chi connectivity index (χ0v) is 13.5. The molecule has 3 rings (SSSR count). The summed E-state index contributed by atoms with van der Waals surface area (Å²) in [5, 5.41) is 14.3. The number of aromatic nitrogens is 4. The Morgan fingerprint density at radius 2 is 1.84 bits per heavy atom. The van der Waals surface area contributed by atoms with Gasteiger partial charge in [0.05, 0.1) is 18.2 Å². The number of tetrazole rings is 1. The second-order valence-corrected chi connectivity index (χ2v) is 6.09. The molecule has 1 N–H and O–H groups in total. The number of benzene rings is 1. The van der Waals surface area contributed by atoms with Gasteiger partial charge in [-0.3, -0.25) is 4.79 Å². The molecule has 1 aromatic heterocycles. The van der Waals surface area contributed by atoms with Gasteiger partial charge in [-0.2, -0.15) is 13.2 Å². The number of carbonyl (C=O) groups excluding carboxylic acids is 1. The molecule has 0 radical (unpaired) electrons. The molecule has 1 fully saturated rings. The van der Waals surface area contributed by atoms with Gasteiger partial charge in [-0.05, 0) is 47.5 Å². The molecule has 1 aromatic carbocycles. The average molecular weight is 353 g/mol. The lowest BCUT2D eigenvalue weighted by Crippen LogP contribution is -2.26. The molecule has 0 spiro atoms. The van der Waals surface area contributed by atoms with Gasteiger partial charge in [0.25, 0.3) is 5.91 Å². The SMILES string of the molecule is O=C(NCc1nnnn1C1CCCCC1)c1ccc(C(F)(F)F)cc1. The molecule has 0 unspecified atom stereocenters. The third-order valence-electron chi connectivity index (χ3n) is 4.36. The van der Waals surface area contributed by atoms with Gasteiger partial charge < -0.3 is 5.32 Å². The fraction of sp³-hybridized carbons (Fsp3) is 0.500. The van der Waals surface area contributed by atoms with Crippen LogP contribution in [0.1, 0.15) is 59.9 Å². The van der Waals surface area contributed by atoms with Crippen LogP contribution in [-0.2, 0) is 12.7 Å². The maximum absolute atomic E-state index is 12.6. The first-order chi connectivity index (χ1) is 11.9. The van der Waals surface area contributed by atoms with Crippen LogP contribution in [0.5, 0.6) is 0 Å². The molecule has 0 aliphatic heterocycles. The molecule has 9 heteroatoms. The molecule has 0 atom stereocenters. The lowest BCUT2D eigenvalue weighted by molar-refractivity contribution is -0.137. The minimum atomic E-state index is -4.42. The molecule has 1 aliphatic carbocycles. The summed E-state index contributed by atoms with van der Waals surface area (Å²) in [6.45, 7) is 0.128. The molecule has 1 amide bonds. The zero-order valence-electron chi connectivity index (χ0n) is 13.5. The Morgan fingerprint density at radius 1 is 1.16 bits per heavy atom. The predicted octanol–water partition coefficient (Wildman–Crippen LogP) is 3.13. The van der Waals surface area contributed by atoms with Crippen LogP contribution in [-0.4, -0.2) is 26.1 Å². The minimum Gasteiger partial charge on any atom is -0.345 e. The normalized spacial score (nSPS) is 16.0. The summed E-state index contributed by atoms with van der Waals surface area (Å²) in [6, 6.07) is 4.33. The second-order valence-electron chi connectivity index (χ2n) is 6.09. The highest BCUT2D eigenvalue weighted by molar-refractivity contribution is 5.94. The van der Waals surface area contributed by atoms with Crippen LogP contribution in [0.25, 0.3) is 0 Å². The van der Waals surface area contributed by atoms with Crippen molar-refractivity contribution in [2.75, 3.05) is 0 Å². The number of alkyl halides is 3. The minimum absolute atomic E-state index is 0.128. The van der Waals surface area contributed by atoms with Crippen molar-refractivity contribution in [3.63, 3.8) is 0 Å². The Kier molecular flexibility index (Phi) is 5.00. The summed E-state index contributed by atoms with van der Waals surface area (Å²) < 4.78 is 39.4. The molecule has 134 valence electrons. The van der Waals surface area contributed by atoms with Gasteiger partial charge in [0.1, 0.15) is 0 Å². The third-order valence-corrected chi connectivity index (χ3v) is 4.36. The molecule has 1 aliphatic rings. The Labute approximate surface area is 142 Å². The summed E-state index contributed by atoms with van der Waals surface area (Å²) in [7, 11) is 0. The van der Waals surface area contributed by atoms with Gasteiger partial charge in [0.2, 0.25) is 0 Å². The quantitative estimate of drug-likeness (QED) is 0.917. The van der Waals surface area contributed by atoms with Crippen LogP contribution in [0.4, 0.5) is 13.2 Å². The van der Waals surface area contributed by atoms with Crippen LogP contribution in [0, 0.1) is 0 Å². The van der Waals surface area contributed by atoms with E-state index in [1.165, 1.54) is 6.42 Å². The number of hydrogen-bond acceptors (Lipinski definition) is 4. The van der Waals surface area contributed by atoms with Gasteiger partial charge in [-0.25, -0.2) is 4.68 Å². The van der Waals surface area contributed by atoms with Crippen LogP contribution >= 0.6 is 0 Å². The number of nitrogens with one attached hydrogen (secondary N) is 1. The molecule has 0 saturated heterocycles. The number of nitrogens with zero attached hydrogens (tertiary/aromatic N) is 4. The summed E-state index contributed by atoms with van der Waals surface area (Å²) in [5.41, 5.74) is -0.630. The van der Waals surface area contributed by atoms with Crippen molar-refractivity contribution < 1.29 is 18.0 Å². The van der Waals surface area contributed by atoms with E-state index in [0.29, 0.717) is 5.82 Å². The average Bonchev–Trinajstić information content (AvgIpc) is 3.08. The molecule has 0 bridgehead atoms. The van der Waals surface area contributed by atoms with E-state index in [0.717, 1.165) is 49.9 Å². The Bertz CT molecular complexity index is 720. The van der Waals surface area contributed by atoms with Crippen molar-refractivity contribution in [3.05, 3.63) is 41.2 Å². The van der Waals surface area contributed by atoms with E-state index in [-0.39, 0.29) is 18.2 Å². The predicted molar refractivity (Wildman–Crippen MR) is 82.6 cm³/mol. The van der Waals surface area contributed by atoms with E-state index in [9.17, 15) is 18.0 Å². The number of rotatable bonds is 4. The first-order valence-electron chi connectivity index (χ1n) is 8.17. The van der Waals surface area contributed by atoms with Crippen molar-refractivity contribution in [2.24, 2.45) is 0 Å². The Balaban J connectivity index is 1.62. The fourth-order valence-electron chi connectivity index (χ4n) is 3.01. The number of carbonyl (C=O) groups is 1. The topological polar surface area (TPSA) is 72.7 Å². The first kappa shape index (κ1) is 17.4. The van der Waals surface area contributed by atoms with Gasteiger partial charge in [-0.15, -0.1) is 5.10 Å². The van der Waals surface area contributed by atoms with Crippen molar-refractivity contribution in [1.29, 1.82) is 0 Å². The monoisotopic (exact) mass is 353 g/mol. The van der Waals surface area contributed by atoms with E-state index < -0.39 is 17.6 Å². The van der Waals surface area contributed by atoms with E-state index in [1.807, 2.05) is 0 Å². The smallest absolute Gasteiger partial charge is 0.345 e. The Hall–Kier alpha value is -2.45. The lowest BCUT2D eigenvalue weighted by atomic mass is 9.95. The summed E-state index contributed by atoms with van der Waals surface area (Å²) >= 11 is 0. The van der Waals surface area contributed by atoms with Gasteiger partial charge in [-0.1, -0.05) is 19.3 Å². The lowest BCUT2D eigenvalue weighted by Gasteiger charge is -2.22. The van der Waals surface area contributed by atoms with Crippen LogP contribution in [0.15, 0.2) is 24.3 Å². The molecular weight excluding hydrogens is 335 g/mol. The van der Waals surface area contributed by atoms with Gasteiger partial charge in [0, 0.05) is 5.56 Å². The van der Waals surface area contributed by atoms with Crippen molar-refractivity contribution >= 4 is 5.91 Å². The highest BCUT2D eigenvalue weighted by Crippen LogP contribution is 2.29. The standard InChI is InChI=1S/C16H18F3N5O/c17-16(18,19)12-8-6-11(7-9-12)15(25)20-10-14-21-22-23-24(14)13-4-2-1-3-5-13/h6-9,13H,1-5,10H2,(H,20,25). The van der Waals surface area contributed by atoms with Crippen LogP contribution in [0.2, 0.25) is 0 Å². The van der Waals surface area contributed by atoms with Gasteiger partial charge in [0.15, 0.2) is 5.82 Å². The molecule has 1 heterocycles. The fourth-order valence-corrected chi connectivity index (χ4v) is 3.01. The van der Waals surface area contributed by atoms with E-state index in [1.54, 1.807) is 4.68 Å². The van der Waals surface area contributed by atoms with Crippen molar-refractivity contribution in [1.82, 2.24) is 25.5 Å². The second kappa shape index (κ2) is 7.20. The van der Waals surface area contributed by atoms with E-state index in [4.69, 9.17) is 0 Å². The maximum Gasteiger partial charge on any atom is 0.416 e. The summed E-state index contributed by atoms with van der Waals surface area (Å²) in [4.78, 5) is 12.1. The molecule has 1 saturated carbocycles. The highest BCUT2D eigenvalue weighted by atomic mass is 19.4. The largest absolute Gasteiger partial charge is 0.416 e. The number of halogens is 3. The molecule has 2 aromatic rings. The van der Waals surface area contributed by atoms with Crippen molar-refractivity contribution in [2.45, 2.75) is 50.9 Å². The Morgan fingerprint density at radius 3 is 2.48 bits per heavy atom. The number of hydrogen-bond donors (Lipinski definition) is 1. The maximum atomic E-state index is 12.6. The van der Waals surface area contributed by atoms with E-state index >= 15 is 0 Å². The molecule has 25 heavy (non-hydrogen) atoms. The first-order valence-corrected chi connectivity index (χ1v) is 8.17. The van der Waals surface area contributed by atoms with Crippen LogP contribution in [0.3, 0.4) is 0 Å². The summed E-state index contributed by atoms with van der Waals surface area (Å²) in [6.07, 6.45) is 1.05. The zero-order chi connectivity index (χ0) is 17.9. The third kappa shape index (κ3) is 4.15.